The Balaban J connectivity index is 1.36. The van der Waals surface area contributed by atoms with Crippen LogP contribution in [-0.2, 0) is 0 Å². The van der Waals surface area contributed by atoms with Crippen LogP contribution in [0.3, 0.4) is 0 Å². The van der Waals surface area contributed by atoms with Crippen LogP contribution in [0.2, 0.25) is 0 Å². The second-order valence-corrected chi connectivity index (χ2v) is 8.27. The first-order valence-electron chi connectivity index (χ1n) is 11.4. The second kappa shape index (κ2) is 8.83. The molecule has 6 nitrogen and oxygen atoms in total. The number of hydrogen-bond acceptors (Lipinski definition) is 4. The summed E-state index contributed by atoms with van der Waals surface area (Å²) >= 11 is 0. The summed E-state index contributed by atoms with van der Waals surface area (Å²) in [4.78, 5) is 17.8. The molecule has 35 heavy (non-hydrogen) atoms. The lowest BCUT2D eigenvalue weighted by atomic mass is 10.0. The van der Waals surface area contributed by atoms with Crippen LogP contribution in [-0.4, -0.2) is 29.1 Å². The van der Waals surface area contributed by atoms with Crippen molar-refractivity contribution in [1.29, 1.82) is 0 Å². The molecule has 0 bridgehead atoms. The van der Waals surface area contributed by atoms with Crippen LogP contribution < -0.4 is 0 Å². The van der Waals surface area contributed by atoms with Crippen LogP contribution in [0.4, 0.5) is 0 Å². The lowest BCUT2D eigenvalue weighted by Gasteiger charge is -2.14. The van der Waals surface area contributed by atoms with Gasteiger partial charge in [0.1, 0.15) is 0 Å². The fourth-order valence-electron chi connectivity index (χ4n) is 4.33. The van der Waals surface area contributed by atoms with Gasteiger partial charge in [0, 0.05) is 55.3 Å². The van der Waals surface area contributed by atoms with Crippen LogP contribution in [0.5, 0.6) is 0 Å². The van der Waals surface area contributed by atoms with Crippen LogP contribution in [0, 0.1) is 6.92 Å². The van der Waals surface area contributed by atoms with Gasteiger partial charge >= 0.3 is 0 Å². The fourth-order valence-corrected chi connectivity index (χ4v) is 4.33. The van der Waals surface area contributed by atoms with Gasteiger partial charge in [-0.2, -0.15) is 0 Å². The van der Waals surface area contributed by atoms with Crippen LogP contribution in [0.15, 0.2) is 116 Å². The number of nitrogens with zero attached hydrogens (tertiary/aromatic N) is 6. The summed E-state index contributed by atoms with van der Waals surface area (Å²) < 4.78 is 4.15. The minimum Gasteiger partial charge on any atom is -0.297 e. The predicted molar refractivity (Wildman–Crippen MR) is 137 cm³/mol. The molecule has 0 aliphatic heterocycles. The zero-order chi connectivity index (χ0) is 23.6. The Kier molecular flexibility index (Phi) is 5.24. The molecule has 4 heterocycles. The number of imidazole rings is 2. The van der Waals surface area contributed by atoms with Crippen molar-refractivity contribution in [2.45, 2.75) is 6.92 Å². The molecular weight excluding hydrogens is 432 g/mol. The van der Waals surface area contributed by atoms with Gasteiger partial charge in [-0.15, -0.1) is 0 Å². The van der Waals surface area contributed by atoms with Gasteiger partial charge in [0.15, 0.2) is 11.6 Å². The van der Waals surface area contributed by atoms with E-state index in [-0.39, 0.29) is 0 Å². The fraction of sp³-hybridized carbons (Fsp3) is 0.0345. The molecule has 0 fully saturated rings. The molecule has 0 radical (unpaired) electrons. The average molecular weight is 455 g/mol. The predicted octanol–water partition coefficient (Wildman–Crippen LogP) is 6.16. The van der Waals surface area contributed by atoms with E-state index in [0.717, 1.165) is 50.8 Å². The molecule has 0 N–H and O–H groups in total. The molecule has 6 aromatic rings. The molecule has 0 atom stereocenters. The van der Waals surface area contributed by atoms with E-state index in [9.17, 15) is 0 Å². The Morgan fingerprint density at radius 2 is 1.17 bits per heavy atom. The lowest BCUT2D eigenvalue weighted by Crippen LogP contribution is -2.04. The van der Waals surface area contributed by atoms with Crippen molar-refractivity contribution in [3.05, 3.63) is 122 Å². The van der Waals surface area contributed by atoms with E-state index in [1.165, 1.54) is 0 Å². The molecule has 2 aromatic carbocycles. The van der Waals surface area contributed by atoms with E-state index >= 15 is 0 Å². The van der Waals surface area contributed by atoms with Gasteiger partial charge in [0.05, 0.1) is 5.69 Å². The highest BCUT2D eigenvalue weighted by molar-refractivity contribution is 5.67. The SMILES string of the molecule is Cc1cc(-c2cccnc2)ccc1-n1ccnc1-c1nccn1-c1ccc(-c2cccnc2)cc1. The molecule has 6 rings (SSSR count). The van der Waals surface area contributed by atoms with Gasteiger partial charge < -0.3 is 0 Å². The topological polar surface area (TPSA) is 61.4 Å². The first-order chi connectivity index (χ1) is 17.3. The maximum absolute atomic E-state index is 4.67. The Bertz CT molecular complexity index is 1580. The molecule has 6 heteroatoms. The van der Waals surface area contributed by atoms with Crippen molar-refractivity contribution in [3.8, 4) is 45.3 Å². The zero-order valence-corrected chi connectivity index (χ0v) is 19.2. The minimum absolute atomic E-state index is 0.778. The summed E-state index contributed by atoms with van der Waals surface area (Å²) in [6.45, 7) is 2.11. The van der Waals surface area contributed by atoms with Gasteiger partial charge in [0.2, 0.25) is 0 Å². The Labute approximate surface area is 203 Å². The van der Waals surface area contributed by atoms with Crippen LogP contribution in [0.25, 0.3) is 45.3 Å². The molecule has 4 aromatic heterocycles. The van der Waals surface area contributed by atoms with Crippen LogP contribution >= 0.6 is 0 Å². The molecular formula is C29H22N6. The maximum Gasteiger partial charge on any atom is 0.181 e. The highest BCUT2D eigenvalue weighted by Crippen LogP contribution is 2.28. The van der Waals surface area contributed by atoms with Gasteiger partial charge in [0.25, 0.3) is 0 Å². The van der Waals surface area contributed by atoms with Gasteiger partial charge in [-0.25, -0.2) is 9.97 Å². The van der Waals surface area contributed by atoms with E-state index < -0.39 is 0 Å². The standard InChI is InChI=1S/C29H22N6/c1-21-18-23(25-5-3-13-31-20-25)8-11-27(21)35-17-15-33-29(35)28-32-14-16-34(28)26-9-6-22(7-10-26)24-4-2-12-30-19-24/h2-20H,1H3. The van der Waals surface area contributed by atoms with Crippen molar-refractivity contribution in [1.82, 2.24) is 29.1 Å². The van der Waals surface area contributed by atoms with Crippen molar-refractivity contribution in [2.75, 3.05) is 0 Å². The van der Waals surface area contributed by atoms with E-state index in [4.69, 9.17) is 0 Å². The minimum atomic E-state index is 0.778. The molecule has 168 valence electrons. The summed E-state index contributed by atoms with van der Waals surface area (Å²) in [5.41, 5.74) is 7.66. The van der Waals surface area contributed by atoms with Crippen LogP contribution in [0.1, 0.15) is 5.56 Å². The van der Waals surface area contributed by atoms with Crippen molar-refractivity contribution in [2.24, 2.45) is 0 Å². The average Bonchev–Trinajstić information content (AvgIpc) is 3.59. The summed E-state index contributed by atoms with van der Waals surface area (Å²) in [6.07, 6.45) is 14.9. The van der Waals surface area contributed by atoms with Crippen molar-refractivity contribution in [3.63, 3.8) is 0 Å². The Morgan fingerprint density at radius 3 is 1.80 bits per heavy atom. The van der Waals surface area contributed by atoms with E-state index in [1.54, 1.807) is 12.4 Å². The monoisotopic (exact) mass is 454 g/mol. The van der Waals surface area contributed by atoms with Gasteiger partial charge in [-0.05, 0) is 71.1 Å². The third-order valence-electron chi connectivity index (χ3n) is 6.07. The number of hydrogen-bond donors (Lipinski definition) is 0. The van der Waals surface area contributed by atoms with Crippen molar-refractivity contribution < 1.29 is 0 Å². The Hall–Kier alpha value is -4.84. The highest BCUT2D eigenvalue weighted by atomic mass is 15.2. The first-order valence-corrected chi connectivity index (χ1v) is 11.4. The summed E-state index contributed by atoms with van der Waals surface area (Å²) in [6, 6.07) is 22.8. The van der Waals surface area contributed by atoms with E-state index in [1.807, 2.05) is 49.3 Å². The lowest BCUT2D eigenvalue weighted by molar-refractivity contribution is 0.982. The van der Waals surface area contributed by atoms with E-state index in [0.29, 0.717) is 0 Å². The molecule has 0 unspecified atom stereocenters. The third-order valence-corrected chi connectivity index (χ3v) is 6.07. The quantitative estimate of drug-likeness (QED) is 0.313. The van der Waals surface area contributed by atoms with Gasteiger partial charge in [-0.3, -0.25) is 19.1 Å². The number of aromatic nitrogens is 6. The number of pyridine rings is 2. The molecule has 0 saturated heterocycles. The third kappa shape index (κ3) is 3.91. The molecule has 0 spiro atoms. The summed E-state index contributed by atoms with van der Waals surface area (Å²) in [5.74, 6) is 1.56. The molecule has 0 saturated carbocycles. The Morgan fingerprint density at radius 1 is 0.571 bits per heavy atom. The first kappa shape index (κ1) is 20.7. The smallest absolute Gasteiger partial charge is 0.181 e. The second-order valence-electron chi connectivity index (χ2n) is 8.27. The van der Waals surface area contributed by atoms with Crippen molar-refractivity contribution >= 4 is 0 Å². The largest absolute Gasteiger partial charge is 0.297 e. The number of aryl methyl sites for hydroxylation is 1. The summed E-state index contributed by atoms with van der Waals surface area (Å²) in [7, 11) is 0. The van der Waals surface area contributed by atoms with Gasteiger partial charge in [-0.1, -0.05) is 30.3 Å². The number of rotatable bonds is 5. The molecule has 0 aliphatic carbocycles. The number of benzene rings is 2. The summed E-state index contributed by atoms with van der Waals surface area (Å²) in [5, 5.41) is 0. The molecule has 0 amide bonds. The zero-order valence-electron chi connectivity index (χ0n) is 19.2. The van der Waals surface area contributed by atoms with E-state index in [2.05, 4.69) is 90.6 Å². The maximum atomic E-state index is 4.67. The normalized spacial score (nSPS) is 11.0. The highest BCUT2D eigenvalue weighted by Gasteiger charge is 2.16. The molecule has 0 aliphatic rings.